The molecule has 0 spiro atoms. The third-order valence-electron chi connectivity index (χ3n) is 3.81. The molecule has 1 nitrogen and oxygen atoms in total. The molecular weight excluding hydrogens is 146 g/mol. The smallest absolute Gasteiger partial charge is 0.0814 e. The van der Waals surface area contributed by atoms with E-state index >= 15 is 0 Å². The molecule has 1 aliphatic rings. The average Bonchev–Trinajstić information content (AvgIpc) is 2.18. The molecule has 0 saturated carbocycles. The van der Waals surface area contributed by atoms with Crippen LogP contribution >= 0.6 is 0 Å². The van der Waals surface area contributed by atoms with Crippen molar-refractivity contribution >= 4 is 0 Å². The highest BCUT2D eigenvalue weighted by Gasteiger charge is 2.30. The van der Waals surface area contributed by atoms with E-state index < -0.39 is 0 Å². The molecule has 1 fully saturated rings. The zero-order valence-electron chi connectivity index (χ0n) is 8.97. The highest BCUT2D eigenvalue weighted by molar-refractivity contribution is 4.63. The molecule has 12 heavy (non-hydrogen) atoms. The SMILES string of the molecule is CCC1CCC[N+](CC)(CC)C1. The molecule has 0 aliphatic carbocycles. The van der Waals surface area contributed by atoms with Crippen LogP contribution in [-0.2, 0) is 0 Å². The summed E-state index contributed by atoms with van der Waals surface area (Å²) in [5.74, 6) is 1.01. The van der Waals surface area contributed by atoms with Crippen molar-refractivity contribution in [2.45, 2.75) is 40.0 Å². The van der Waals surface area contributed by atoms with Crippen LogP contribution in [0.25, 0.3) is 0 Å². The molecular formula is C11H24N+. The monoisotopic (exact) mass is 170 g/mol. The molecule has 0 aromatic heterocycles. The van der Waals surface area contributed by atoms with Crippen molar-refractivity contribution in [3.63, 3.8) is 0 Å². The lowest BCUT2D eigenvalue weighted by molar-refractivity contribution is -0.932. The van der Waals surface area contributed by atoms with Gasteiger partial charge in [-0.2, -0.15) is 0 Å². The zero-order valence-corrected chi connectivity index (χ0v) is 8.97. The topological polar surface area (TPSA) is 0 Å². The van der Waals surface area contributed by atoms with Crippen LogP contribution < -0.4 is 0 Å². The van der Waals surface area contributed by atoms with Crippen molar-refractivity contribution in [1.29, 1.82) is 0 Å². The van der Waals surface area contributed by atoms with Gasteiger partial charge >= 0.3 is 0 Å². The molecule has 1 heteroatoms. The third-order valence-corrected chi connectivity index (χ3v) is 3.81. The Balaban J connectivity index is 2.52. The van der Waals surface area contributed by atoms with Gasteiger partial charge in [-0.05, 0) is 33.1 Å². The minimum Gasteiger partial charge on any atom is -0.324 e. The molecule has 0 radical (unpaired) electrons. The highest BCUT2D eigenvalue weighted by atomic mass is 15.3. The standard InChI is InChI=1S/C11H24N/c1-4-11-8-7-9-12(5-2,6-3)10-11/h11H,4-10H2,1-3H3/q+1. The fourth-order valence-electron chi connectivity index (χ4n) is 2.58. The Morgan fingerprint density at radius 2 is 1.83 bits per heavy atom. The van der Waals surface area contributed by atoms with Gasteiger partial charge in [0.2, 0.25) is 0 Å². The molecule has 1 rings (SSSR count). The second-order valence-electron chi connectivity index (χ2n) is 4.30. The zero-order chi connectivity index (χ0) is 9.03. The average molecular weight is 170 g/mol. The summed E-state index contributed by atoms with van der Waals surface area (Å²) in [5, 5.41) is 0. The number of likely N-dealkylation sites (tertiary alicyclic amines) is 1. The van der Waals surface area contributed by atoms with E-state index in [1.807, 2.05) is 0 Å². The van der Waals surface area contributed by atoms with E-state index in [4.69, 9.17) is 0 Å². The van der Waals surface area contributed by atoms with Gasteiger partial charge in [-0.15, -0.1) is 0 Å². The summed E-state index contributed by atoms with van der Waals surface area (Å²) in [6, 6.07) is 0. The molecule has 0 aromatic carbocycles. The molecule has 1 saturated heterocycles. The van der Waals surface area contributed by atoms with Gasteiger partial charge in [-0.25, -0.2) is 0 Å². The highest BCUT2D eigenvalue weighted by Crippen LogP contribution is 2.25. The number of piperidine rings is 1. The van der Waals surface area contributed by atoms with E-state index in [9.17, 15) is 0 Å². The molecule has 0 amide bonds. The summed E-state index contributed by atoms with van der Waals surface area (Å²) in [6.45, 7) is 12.6. The molecule has 0 aromatic rings. The van der Waals surface area contributed by atoms with Crippen LogP contribution in [0.2, 0.25) is 0 Å². The molecule has 1 aliphatic heterocycles. The maximum atomic E-state index is 2.35. The van der Waals surface area contributed by atoms with Crippen molar-refractivity contribution < 1.29 is 4.48 Å². The first-order valence-electron chi connectivity index (χ1n) is 5.61. The molecule has 0 bridgehead atoms. The third kappa shape index (κ3) is 2.01. The van der Waals surface area contributed by atoms with Gasteiger partial charge in [0.25, 0.3) is 0 Å². The van der Waals surface area contributed by atoms with Crippen molar-refractivity contribution in [1.82, 2.24) is 0 Å². The van der Waals surface area contributed by atoms with Crippen LogP contribution in [0.15, 0.2) is 0 Å². The first-order valence-corrected chi connectivity index (χ1v) is 5.61. The van der Waals surface area contributed by atoms with Crippen molar-refractivity contribution in [2.75, 3.05) is 26.2 Å². The molecule has 1 atom stereocenters. The van der Waals surface area contributed by atoms with E-state index in [0.717, 1.165) is 5.92 Å². The largest absolute Gasteiger partial charge is 0.324 e. The van der Waals surface area contributed by atoms with Gasteiger partial charge in [-0.3, -0.25) is 0 Å². The lowest BCUT2D eigenvalue weighted by atomic mass is 9.93. The fraction of sp³-hybridized carbons (Fsp3) is 1.00. The van der Waals surface area contributed by atoms with Gasteiger partial charge in [0.15, 0.2) is 0 Å². The van der Waals surface area contributed by atoms with E-state index in [2.05, 4.69) is 20.8 Å². The number of quaternary nitrogens is 1. The minimum atomic E-state index is 1.01. The Bertz CT molecular complexity index is 127. The summed E-state index contributed by atoms with van der Waals surface area (Å²) in [5.41, 5.74) is 0. The maximum Gasteiger partial charge on any atom is 0.0814 e. The van der Waals surface area contributed by atoms with Crippen LogP contribution in [0.5, 0.6) is 0 Å². The molecule has 72 valence electrons. The first-order chi connectivity index (χ1) is 5.76. The number of nitrogens with zero attached hydrogens (tertiary/aromatic N) is 1. The minimum absolute atomic E-state index is 1.01. The van der Waals surface area contributed by atoms with Crippen LogP contribution in [0.4, 0.5) is 0 Å². The maximum absolute atomic E-state index is 2.35. The molecule has 0 N–H and O–H groups in total. The van der Waals surface area contributed by atoms with E-state index in [1.165, 1.54) is 49.9 Å². The summed E-state index contributed by atoms with van der Waals surface area (Å²) >= 11 is 0. The van der Waals surface area contributed by atoms with Gasteiger partial charge in [-0.1, -0.05) is 6.92 Å². The van der Waals surface area contributed by atoms with Crippen molar-refractivity contribution in [2.24, 2.45) is 5.92 Å². The summed E-state index contributed by atoms with van der Waals surface area (Å²) in [6.07, 6.45) is 4.33. The van der Waals surface area contributed by atoms with Crippen LogP contribution in [0.3, 0.4) is 0 Å². The van der Waals surface area contributed by atoms with Crippen LogP contribution in [-0.4, -0.2) is 30.7 Å². The van der Waals surface area contributed by atoms with Gasteiger partial charge < -0.3 is 4.48 Å². The second-order valence-corrected chi connectivity index (χ2v) is 4.30. The van der Waals surface area contributed by atoms with E-state index in [0.29, 0.717) is 0 Å². The quantitative estimate of drug-likeness (QED) is 0.571. The van der Waals surface area contributed by atoms with E-state index in [1.54, 1.807) is 0 Å². The summed E-state index contributed by atoms with van der Waals surface area (Å²) < 4.78 is 1.39. The van der Waals surface area contributed by atoms with Gasteiger partial charge in [0.05, 0.1) is 26.2 Å². The Hall–Kier alpha value is -0.0400. The summed E-state index contributed by atoms with van der Waals surface area (Å²) in [7, 11) is 0. The first kappa shape index (κ1) is 10.0. The molecule has 1 heterocycles. The van der Waals surface area contributed by atoms with Crippen molar-refractivity contribution in [3.8, 4) is 0 Å². The van der Waals surface area contributed by atoms with Gasteiger partial charge in [0, 0.05) is 5.92 Å². The Labute approximate surface area is 77.4 Å². The van der Waals surface area contributed by atoms with Crippen LogP contribution in [0.1, 0.15) is 40.0 Å². The second kappa shape index (κ2) is 4.27. The Morgan fingerprint density at radius 3 is 2.33 bits per heavy atom. The number of hydrogen-bond acceptors (Lipinski definition) is 0. The normalized spacial score (nSPS) is 28.8. The fourth-order valence-corrected chi connectivity index (χ4v) is 2.58. The predicted molar refractivity (Wildman–Crippen MR) is 54.1 cm³/mol. The lowest BCUT2D eigenvalue weighted by Crippen LogP contribution is -2.53. The number of hydrogen-bond donors (Lipinski definition) is 0. The van der Waals surface area contributed by atoms with Crippen LogP contribution in [0, 0.1) is 5.92 Å². The Morgan fingerprint density at radius 1 is 1.17 bits per heavy atom. The number of rotatable bonds is 3. The predicted octanol–water partition coefficient (Wildman–Crippen LogP) is 2.66. The summed E-state index contributed by atoms with van der Waals surface area (Å²) in [4.78, 5) is 0. The van der Waals surface area contributed by atoms with Crippen molar-refractivity contribution in [3.05, 3.63) is 0 Å². The lowest BCUT2D eigenvalue weighted by Gasteiger charge is -2.43. The molecule has 1 unspecified atom stereocenters. The van der Waals surface area contributed by atoms with Gasteiger partial charge in [0.1, 0.15) is 0 Å². The Kier molecular flexibility index (Phi) is 3.57. The van der Waals surface area contributed by atoms with E-state index in [-0.39, 0.29) is 0 Å².